The number of nitrogens with zero attached hydrogens (tertiary/aromatic N) is 1. The maximum absolute atomic E-state index is 14.7. The molecule has 0 saturated carbocycles. The minimum atomic E-state index is -1.42. The zero-order chi connectivity index (χ0) is 32.0. The number of hydrogen-bond donors (Lipinski definition) is 0. The van der Waals surface area contributed by atoms with Crippen LogP contribution >= 0.6 is 0 Å². The summed E-state index contributed by atoms with van der Waals surface area (Å²) in [6.45, 7) is 7.66. The molecule has 46 heavy (non-hydrogen) atoms. The van der Waals surface area contributed by atoms with Crippen molar-refractivity contribution >= 4 is 56.2 Å². The Labute approximate surface area is 267 Å². The standard InChI is InChI=1S/C42H32FNO2/c1-41(2)35-11-7-8-12-36(35)44(30-17-15-29(16-18-30)42(3,4)43)37-20-14-28-21-25(13-19-31(28)38(37)41)22-34-39(45)32-23-26-9-5-6-10-27(26)24-33(32)40(34)46/h5-24H,1-4H3. The monoisotopic (exact) mass is 601 g/mol. The number of anilines is 3. The van der Waals surface area contributed by atoms with E-state index in [0.29, 0.717) is 16.7 Å². The van der Waals surface area contributed by atoms with Crippen molar-refractivity contribution in [2.24, 2.45) is 0 Å². The molecule has 0 saturated heterocycles. The van der Waals surface area contributed by atoms with Crippen LogP contribution in [0.2, 0.25) is 0 Å². The molecule has 2 aliphatic rings. The Balaban J connectivity index is 1.25. The number of Topliss-reactive ketones (excluding diaryl/α,β-unsaturated/α-hetero) is 2. The predicted molar refractivity (Wildman–Crippen MR) is 185 cm³/mol. The van der Waals surface area contributed by atoms with Gasteiger partial charge in [0.15, 0.2) is 11.6 Å². The number of fused-ring (bicyclic) bond motifs is 6. The minimum absolute atomic E-state index is 0.197. The molecule has 8 rings (SSSR count). The van der Waals surface area contributed by atoms with Crippen molar-refractivity contribution in [1.29, 1.82) is 0 Å². The summed E-state index contributed by atoms with van der Waals surface area (Å²) in [5, 5.41) is 4.01. The smallest absolute Gasteiger partial charge is 0.197 e. The number of alkyl halides is 1. The Hall–Kier alpha value is -5.35. The number of para-hydroxylation sites is 1. The molecule has 0 aromatic heterocycles. The third kappa shape index (κ3) is 4.17. The lowest BCUT2D eigenvalue weighted by Gasteiger charge is -2.42. The largest absolute Gasteiger partial charge is 0.310 e. The number of carbonyl (C=O) groups is 2. The van der Waals surface area contributed by atoms with Gasteiger partial charge >= 0.3 is 0 Å². The van der Waals surface area contributed by atoms with E-state index < -0.39 is 5.67 Å². The van der Waals surface area contributed by atoms with Crippen molar-refractivity contribution in [2.75, 3.05) is 4.90 Å². The molecule has 0 atom stereocenters. The molecule has 0 amide bonds. The van der Waals surface area contributed by atoms with Crippen LogP contribution < -0.4 is 4.90 Å². The van der Waals surface area contributed by atoms with Crippen LogP contribution in [0.15, 0.2) is 121 Å². The minimum Gasteiger partial charge on any atom is -0.310 e. The molecule has 6 aromatic carbocycles. The van der Waals surface area contributed by atoms with Crippen LogP contribution in [-0.4, -0.2) is 11.6 Å². The first-order chi connectivity index (χ1) is 22.0. The van der Waals surface area contributed by atoms with E-state index in [9.17, 15) is 14.0 Å². The highest BCUT2D eigenvalue weighted by Gasteiger charge is 2.38. The number of carbonyl (C=O) groups excluding carboxylic acids is 2. The first-order valence-electron chi connectivity index (χ1n) is 15.6. The van der Waals surface area contributed by atoms with Crippen molar-refractivity contribution in [2.45, 2.75) is 38.8 Å². The Morgan fingerprint density at radius 1 is 0.674 bits per heavy atom. The van der Waals surface area contributed by atoms with Crippen LogP contribution in [0.1, 0.15) is 70.7 Å². The molecule has 224 valence electrons. The van der Waals surface area contributed by atoms with Gasteiger partial charge in [-0.15, -0.1) is 0 Å². The lowest BCUT2D eigenvalue weighted by Crippen LogP contribution is -2.31. The van der Waals surface area contributed by atoms with Gasteiger partial charge in [-0.3, -0.25) is 9.59 Å². The Kier molecular flexibility index (Phi) is 6.01. The quantitative estimate of drug-likeness (QED) is 0.150. The van der Waals surface area contributed by atoms with Crippen molar-refractivity contribution < 1.29 is 14.0 Å². The van der Waals surface area contributed by atoms with Gasteiger partial charge in [-0.05, 0) is 106 Å². The summed E-state index contributed by atoms with van der Waals surface area (Å²) in [6.07, 6.45) is 1.73. The maximum Gasteiger partial charge on any atom is 0.197 e. The highest BCUT2D eigenvalue weighted by atomic mass is 19.1. The molecule has 6 aromatic rings. The topological polar surface area (TPSA) is 37.4 Å². The second-order valence-electron chi connectivity index (χ2n) is 13.4. The van der Waals surface area contributed by atoms with Gasteiger partial charge in [0.25, 0.3) is 0 Å². The highest BCUT2D eigenvalue weighted by Crippen LogP contribution is 2.54. The first-order valence-corrected chi connectivity index (χ1v) is 15.6. The van der Waals surface area contributed by atoms with Gasteiger partial charge in [-0.2, -0.15) is 0 Å². The molecular weight excluding hydrogens is 569 g/mol. The summed E-state index contributed by atoms with van der Waals surface area (Å²) >= 11 is 0. The van der Waals surface area contributed by atoms with Crippen LogP contribution in [0.5, 0.6) is 0 Å². The molecule has 1 aliphatic heterocycles. The maximum atomic E-state index is 14.7. The SMILES string of the molecule is CC(C)(F)c1ccc(N2c3ccccc3C(C)(C)c3c2ccc2cc(C=C4C(=O)c5cc6ccccc6cc5C4=O)ccc32)cc1. The molecule has 0 N–H and O–H groups in total. The predicted octanol–water partition coefficient (Wildman–Crippen LogP) is 10.8. The highest BCUT2D eigenvalue weighted by molar-refractivity contribution is 6.42. The van der Waals surface area contributed by atoms with E-state index in [1.54, 1.807) is 19.9 Å². The normalized spacial score (nSPS) is 15.2. The van der Waals surface area contributed by atoms with E-state index in [1.807, 2.05) is 66.7 Å². The molecule has 0 fully saturated rings. The summed E-state index contributed by atoms with van der Waals surface area (Å²) in [7, 11) is 0. The first kappa shape index (κ1) is 28.1. The average molecular weight is 602 g/mol. The molecule has 0 spiro atoms. The average Bonchev–Trinajstić information content (AvgIpc) is 3.27. The van der Waals surface area contributed by atoms with Gasteiger partial charge < -0.3 is 4.90 Å². The van der Waals surface area contributed by atoms with Crippen molar-refractivity contribution in [1.82, 2.24) is 0 Å². The Bertz CT molecular complexity index is 2250. The van der Waals surface area contributed by atoms with Gasteiger partial charge in [0.2, 0.25) is 0 Å². The number of allylic oxidation sites excluding steroid dienone is 1. The van der Waals surface area contributed by atoms with Crippen LogP contribution in [0.3, 0.4) is 0 Å². The summed E-state index contributed by atoms with van der Waals surface area (Å²) in [4.78, 5) is 29.1. The molecular formula is C42H32FNO2. The summed E-state index contributed by atoms with van der Waals surface area (Å²) < 4.78 is 14.7. The second kappa shape index (κ2) is 9.82. The van der Waals surface area contributed by atoms with Crippen LogP contribution in [0, 0.1) is 0 Å². The number of ketones is 2. The van der Waals surface area contributed by atoms with Gasteiger partial charge in [0.05, 0.1) is 16.9 Å². The van der Waals surface area contributed by atoms with E-state index in [1.165, 1.54) is 11.1 Å². The summed E-state index contributed by atoms with van der Waals surface area (Å²) in [5.74, 6) is -0.460. The van der Waals surface area contributed by atoms with Crippen LogP contribution in [0.25, 0.3) is 27.6 Å². The molecule has 0 unspecified atom stereocenters. The van der Waals surface area contributed by atoms with E-state index >= 15 is 0 Å². The van der Waals surface area contributed by atoms with Gasteiger partial charge in [0, 0.05) is 22.2 Å². The lowest BCUT2D eigenvalue weighted by molar-refractivity contribution is 0.0990. The molecule has 0 radical (unpaired) electrons. The molecule has 0 bridgehead atoms. The van der Waals surface area contributed by atoms with Crippen molar-refractivity contribution in [3.05, 3.63) is 154 Å². The van der Waals surface area contributed by atoms with Gasteiger partial charge in [-0.1, -0.05) is 86.6 Å². The third-order valence-corrected chi connectivity index (χ3v) is 9.69. The van der Waals surface area contributed by atoms with Gasteiger partial charge in [0.1, 0.15) is 5.67 Å². The van der Waals surface area contributed by atoms with Crippen LogP contribution in [-0.2, 0) is 11.1 Å². The number of benzene rings is 6. The second-order valence-corrected chi connectivity index (χ2v) is 13.4. The fourth-order valence-electron chi connectivity index (χ4n) is 7.32. The summed E-state index contributed by atoms with van der Waals surface area (Å²) in [5.41, 5.74) is 6.34. The fourth-order valence-corrected chi connectivity index (χ4v) is 7.32. The molecule has 1 heterocycles. The number of rotatable bonds is 3. The lowest BCUT2D eigenvalue weighted by atomic mass is 9.71. The molecule has 3 nitrogen and oxygen atoms in total. The zero-order valence-electron chi connectivity index (χ0n) is 26.2. The Morgan fingerprint density at radius 2 is 1.30 bits per heavy atom. The molecule has 1 aliphatic carbocycles. The fraction of sp³-hybridized carbons (Fsp3) is 0.143. The van der Waals surface area contributed by atoms with E-state index in [2.05, 4.69) is 67.3 Å². The van der Waals surface area contributed by atoms with Crippen molar-refractivity contribution in [3.63, 3.8) is 0 Å². The van der Waals surface area contributed by atoms with Gasteiger partial charge in [-0.25, -0.2) is 4.39 Å². The zero-order valence-corrected chi connectivity index (χ0v) is 26.2. The Morgan fingerprint density at radius 3 is 1.96 bits per heavy atom. The van der Waals surface area contributed by atoms with E-state index in [-0.39, 0.29) is 22.6 Å². The van der Waals surface area contributed by atoms with Crippen LogP contribution in [0.4, 0.5) is 21.5 Å². The number of hydrogen-bond acceptors (Lipinski definition) is 3. The molecule has 4 heteroatoms. The van der Waals surface area contributed by atoms with Crippen molar-refractivity contribution in [3.8, 4) is 0 Å². The summed E-state index contributed by atoms with van der Waals surface area (Å²) in [6, 6.07) is 38.0. The van der Waals surface area contributed by atoms with E-state index in [4.69, 9.17) is 0 Å². The van der Waals surface area contributed by atoms with E-state index in [0.717, 1.165) is 44.2 Å². The number of halogens is 1. The third-order valence-electron chi connectivity index (χ3n) is 9.69.